The maximum Gasteiger partial charge on any atom is 0.235 e. The van der Waals surface area contributed by atoms with Gasteiger partial charge >= 0.3 is 0 Å². The van der Waals surface area contributed by atoms with E-state index in [-0.39, 0.29) is 11.7 Å². The summed E-state index contributed by atoms with van der Waals surface area (Å²) < 4.78 is 7.75. The van der Waals surface area contributed by atoms with Crippen molar-refractivity contribution in [2.24, 2.45) is 7.05 Å². The fourth-order valence-electron chi connectivity index (χ4n) is 3.94. The number of thioether (sulfide) groups is 1. The second kappa shape index (κ2) is 10.4. The van der Waals surface area contributed by atoms with Gasteiger partial charge in [0.05, 0.1) is 11.3 Å². The van der Waals surface area contributed by atoms with Crippen LogP contribution < -0.4 is 10.1 Å². The number of rotatable bonds is 7. The minimum Gasteiger partial charge on any atom is -0.485 e. The van der Waals surface area contributed by atoms with Crippen molar-refractivity contribution in [2.45, 2.75) is 57.7 Å². The van der Waals surface area contributed by atoms with Gasteiger partial charge in [0.25, 0.3) is 0 Å². The van der Waals surface area contributed by atoms with Crippen LogP contribution in [0.25, 0.3) is 0 Å². The Balaban J connectivity index is 1.35. The summed E-state index contributed by atoms with van der Waals surface area (Å²) in [7, 11) is 1.87. The van der Waals surface area contributed by atoms with Gasteiger partial charge in [-0.05, 0) is 56.7 Å². The summed E-state index contributed by atoms with van der Waals surface area (Å²) in [6.45, 7) is 4.36. The summed E-state index contributed by atoms with van der Waals surface area (Å²) in [6.07, 6.45) is 5.35. The van der Waals surface area contributed by atoms with Crippen molar-refractivity contribution in [1.82, 2.24) is 14.8 Å². The van der Waals surface area contributed by atoms with E-state index in [9.17, 15) is 10.1 Å². The molecule has 2 aromatic heterocycles. The normalized spacial score (nSPS) is 13.2. The van der Waals surface area contributed by atoms with Crippen molar-refractivity contribution in [1.29, 1.82) is 5.26 Å². The number of nitrogens with zero attached hydrogens (tertiary/aromatic N) is 4. The molecule has 0 saturated heterocycles. The van der Waals surface area contributed by atoms with Crippen LogP contribution in [0.1, 0.15) is 52.2 Å². The lowest BCUT2D eigenvalue weighted by atomic mass is 10.1. The number of fused-ring (bicyclic) bond motifs is 1. The first-order valence-electron chi connectivity index (χ1n) is 11.0. The number of hydrogen-bond donors (Lipinski definition) is 1. The van der Waals surface area contributed by atoms with Gasteiger partial charge < -0.3 is 14.6 Å². The zero-order valence-corrected chi connectivity index (χ0v) is 20.7. The standard InChI is InChI=1S/C24H27N5O2S2/c1-15-9-10-19(16(2)11-15)31-13-21-27-28-24(29(21)3)32-14-22(30)26-23-18(12-25)17-7-5-4-6-8-20(17)33-23/h9-11H,4-8,13-14H2,1-3H3,(H,26,30). The van der Waals surface area contributed by atoms with Crippen LogP contribution in [0.3, 0.4) is 0 Å². The van der Waals surface area contributed by atoms with Crippen molar-refractivity contribution in [3.8, 4) is 11.8 Å². The molecule has 4 rings (SSSR count). The van der Waals surface area contributed by atoms with Crippen molar-refractivity contribution in [3.05, 3.63) is 51.2 Å². The predicted molar refractivity (Wildman–Crippen MR) is 131 cm³/mol. The van der Waals surface area contributed by atoms with Crippen LogP contribution in [0.15, 0.2) is 23.4 Å². The smallest absolute Gasteiger partial charge is 0.235 e. The van der Waals surface area contributed by atoms with Gasteiger partial charge in [-0.1, -0.05) is 35.9 Å². The highest BCUT2D eigenvalue weighted by Crippen LogP contribution is 2.37. The van der Waals surface area contributed by atoms with Gasteiger partial charge in [-0.2, -0.15) is 5.26 Å². The molecule has 1 aromatic carbocycles. The number of nitrogens with one attached hydrogen (secondary N) is 1. The van der Waals surface area contributed by atoms with E-state index < -0.39 is 0 Å². The van der Waals surface area contributed by atoms with E-state index in [0.29, 0.717) is 28.2 Å². The van der Waals surface area contributed by atoms with Crippen molar-refractivity contribution >= 4 is 34.0 Å². The summed E-state index contributed by atoms with van der Waals surface area (Å²) in [4.78, 5) is 13.9. The average Bonchev–Trinajstić information content (AvgIpc) is 3.20. The third kappa shape index (κ3) is 5.40. The van der Waals surface area contributed by atoms with Crippen LogP contribution >= 0.6 is 23.1 Å². The van der Waals surface area contributed by atoms with E-state index in [0.717, 1.165) is 42.6 Å². The zero-order chi connectivity index (χ0) is 23.4. The van der Waals surface area contributed by atoms with E-state index >= 15 is 0 Å². The SMILES string of the molecule is Cc1ccc(OCc2nnc(SCC(=O)Nc3sc4c(c3C#N)CCCCC4)n2C)c(C)c1. The molecule has 0 aliphatic heterocycles. The molecule has 172 valence electrons. The Kier molecular flexibility index (Phi) is 7.36. The minimum absolute atomic E-state index is 0.149. The molecular formula is C24H27N5O2S2. The Morgan fingerprint density at radius 2 is 2.09 bits per heavy atom. The fourth-order valence-corrected chi connectivity index (χ4v) is 5.93. The highest BCUT2D eigenvalue weighted by Gasteiger charge is 2.21. The van der Waals surface area contributed by atoms with E-state index in [1.54, 1.807) is 11.3 Å². The first kappa shape index (κ1) is 23.3. The third-order valence-corrected chi connectivity index (χ3v) is 7.96. The second-order valence-corrected chi connectivity index (χ2v) is 10.3. The summed E-state index contributed by atoms with van der Waals surface area (Å²) in [5.74, 6) is 1.55. The van der Waals surface area contributed by atoms with E-state index in [1.165, 1.54) is 28.6 Å². The van der Waals surface area contributed by atoms with Crippen LogP contribution in [-0.4, -0.2) is 26.4 Å². The summed E-state index contributed by atoms with van der Waals surface area (Å²) >= 11 is 2.87. The molecule has 1 aliphatic rings. The van der Waals surface area contributed by atoms with Crippen LogP contribution in [0.5, 0.6) is 5.75 Å². The first-order chi connectivity index (χ1) is 16.0. The van der Waals surface area contributed by atoms with Crippen LogP contribution in [0, 0.1) is 25.2 Å². The number of aryl methyl sites for hydroxylation is 3. The summed E-state index contributed by atoms with van der Waals surface area (Å²) in [5, 5.41) is 22.3. The number of carbonyl (C=O) groups is 1. The molecule has 0 unspecified atom stereocenters. The molecular weight excluding hydrogens is 454 g/mol. The van der Waals surface area contributed by atoms with E-state index in [4.69, 9.17) is 4.74 Å². The van der Waals surface area contributed by atoms with E-state index in [1.807, 2.05) is 37.6 Å². The topological polar surface area (TPSA) is 92.8 Å². The molecule has 1 amide bonds. The van der Waals surface area contributed by atoms with Gasteiger partial charge in [0, 0.05) is 11.9 Å². The van der Waals surface area contributed by atoms with Gasteiger partial charge in [0.1, 0.15) is 23.4 Å². The van der Waals surface area contributed by atoms with Gasteiger partial charge in [-0.15, -0.1) is 21.5 Å². The maximum absolute atomic E-state index is 12.6. The summed E-state index contributed by atoms with van der Waals surface area (Å²) in [6, 6.07) is 8.36. The summed E-state index contributed by atoms with van der Waals surface area (Å²) in [5.41, 5.74) is 4.03. The molecule has 1 aliphatic carbocycles. The van der Waals surface area contributed by atoms with Gasteiger partial charge in [-0.3, -0.25) is 4.79 Å². The Bertz CT molecular complexity index is 1210. The van der Waals surface area contributed by atoms with Gasteiger partial charge in [0.15, 0.2) is 11.0 Å². The molecule has 7 nitrogen and oxygen atoms in total. The zero-order valence-electron chi connectivity index (χ0n) is 19.1. The number of aromatic nitrogens is 3. The van der Waals surface area contributed by atoms with E-state index in [2.05, 4.69) is 27.6 Å². The number of carbonyl (C=O) groups excluding carboxylic acids is 1. The second-order valence-electron chi connectivity index (χ2n) is 8.23. The van der Waals surface area contributed by atoms with Crippen LogP contribution in [0.4, 0.5) is 5.00 Å². The van der Waals surface area contributed by atoms with Crippen molar-refractivity contribution < 1.29 is 9.53 Å². The van der Waals surface area contributed by atoms with Crippen molar-refractivity contribution in [3.63, 3.8) is 0 Å². The van der Waals surface area contributed by atoms with Crippen LogP contribution in [0.2, 0.25) is 0 Å². The van der Waals surface area contributed by atoms with Crippen LogP contribution in [-0.2, 0) is 31.3 Å². The monoisotopic (exact) mass is 481 g/mol. The Morgan fingerprint density at radius 3 is 2.88 bits per heavy atom. The number of benzene rings is 1. The lowest BCUT2D eigenvalue weighted by molar-refractivity contribution is -0.113. The number of hydrogen-bond acceptors (Lipinski definition) is 7. The molecule has 9 heteroatoms. The van der Waals surface area contributed by atoms with Gasteiger partial charge in [0.2, 0.25) is 5.91 Å². The fraction of sp³-hybridized carbons (Fsp3) is 0.417. The lowest BCUT2D eigenvalue weighted by Crippen LogP contribution is -2.14. The first-order valence-corrected chi connectivity index (χ1v) is 12.8. The lowest BCUT2D eigenvalue weighted by Gasteiger charge is -2.09. The molecule has 0 atom stereocenters. The van der Waals surface area contributed by atoms with Crippen molar-refractivity contribution in [2.75, 3.05) is 11.1 Å². The highest BCUT2D eigenvalue weighted by molar-refractivity contribution is 7.99. The molecule has 0 bridgehead atoms. The molecule has 0 fully saturated rings. The molecule has 0 spiro atoms. The van der Waals surface area contributed by atoms with Gasteiger partial charge in [-0.25, -0.2) is 0 Å². The third-order valence-electron chi connectivity index (χ3n) is 5.73. The molecule has 33 heavy (non-hydrogen) atoms. The Morgan fingerprint density at radius 1 is 1.27 bits per heavy atom. The predicted octanol–water partition coefficient (Wildman–Crippen LogP) is 4.94. The maximum atomic E-state index is 12.6. The Labute approximate surface area is 202 Å². The molecule has 0 radical (unpaired) electrons. The molecule has 1 N–H and O–H groups in total. The molecule has 0 saturated carbocycles. The minimum atomic E-state index is -0.149. The number of nitriles is 1. The Hall–Kier alpha value is -2.83. The number of anilines is 1. The number of thiophene rings is 1. The molecule has 3 aromatic rings. The molecule has 2 heterocycles. The quantitative estimate of drug-likeness (QED) is 0.379. The number of ether oxygens (including phenoxy) is 1. The number of amides is 1. The highest BCUT2D eigenvalue weighted by atomic mass is 32.2. The largest absolute Gasteiger partial charge is 0.485 e. The average molecular weight is 482 g/mol.